The molecule has 3 N–H and O–H groups in total. The van der Waals surface area contributed by atoms with E-state index >= 15 is 0 Å². The fourth-order valence-electron chi connectivity index (χ4n) is 2.09. The van der Waals surface area contributed by atoms with E-state index < -0.39 is 0 Å². The first-order valence-electron chi connectivity index (χ1n) is 6.44. The molecule has 0 spiro atoms. The Balaban J connectivity index is 2.29. The number of nitrogens with one attached hydrogen (secondary N) is 2. The van der Waals surface area contributed by atoms with Crippen molar-refractivity contribution in [2.75, 3.05) is 6.61 Å². The average molecular weight is 240 g/mol. The van der Waals surface area contributed by atoms with Crippen LogP contribution in [0.4, 0.5) is 4.79 Å². The number of urea groups is 1. The smallest absolute Gasteiger partial charge is 0.315 e. The van der Waals surface area contributed by atoms with Crippen LogP contribution in [-0.4, -0.2) is 29.8 Å². The lowest BCUT2D eigenvalue weighted by atomic mass is 10.0. The summed E-state index contributed by atoms with van der Waals surface area (Å²) in [7, 11) is 0. The first-order chi connectivity index (χ1) is 8.11. The van der Waals surface area contributed by atoms with Crippen LogP contribution in [0, 0.1) is 5.92 Å². The predicted molar refractivity (Wildman–Crippen MR) is 68.8 cm³/mol. The van der Waals surface area contributed by atoms with Gasteiger partial charge in [-0.3, -0.25) is 0 Å². The molecule has 4 nitrogen and oxygen atoms in total. The standard InChI is InChI=1S/C13H24N2O2/c1-10(2)8-12(9-16)15-13(17)14-11-6-4-3-5-7-11/h3-4,10-12,16H,5-9H2,1-2H3,(H2,14,15,17). The summed E-state index contributed by atoms with van der Waals surface area (Å²) in [6.07, 6.45) is 7.98. The summed E-state index contributed by atoms with van der Waals surface area (Å²) >= 11 is 0. The lowest BCUT2D eigenvalue weighted by molar-refractivity contribution is 0.204. The maximum absolute atomic E-state index is 11.7. The minimum Gasteiger partial charge on any atom is -0.394 e. The van der Waals surface area contributed by atoms with E-state index in [9.17, 15) is 9.90 Å². The van der Waals surface area contributed by atoms with E-state index in [-0.39, 0.29) is 24.7 Å². The van der Waals surface area contributed by atoms with Crippen molar-refractivity contribution >= 4 is 6.03 Å². The van der Waals surface area contributed by atoms with E-state index in [1.807, 2.05) is 0 Å². The molecule has 0 radical (unpaired) electrons. The van der Waals surface area contributed by atoms with Gasteiger partial charge in [0.15, 0.2) is 0 Å². The molecule has 98 valence electrons. The molecule has 2 atom stereocenters. The van der Waals surface area contributed by atoms with Crippen LogP contribution < -0.4 is 10.6 Å². The normalized spacial score (nSPS) is 21.3. The van der Waals surface area contributed by atoms with Crippen molar-refractivity contribution in [1.82, 2.24) is 10.6 Å². The molecule has 0 aromatic rings. The molecule has 17 heavy (non-hydrogen) atoms. The van der Waals surface area contributed by atoms with Crippen molar-refractivity contribution in [1.29, 1.82) is 0 Å². The molecule has 0 bridgehead atoms. The Bertz CT molecular complexity index is 264. The van der Waals surface area contributed by atoms with Gasteiger partial charge in [0.2, 0.25) is 0 Å². The van der Waals surface area contributed by atoms with Gasteiger partial charge in [0.1, 0.15) is 0 Å². The molecule has 4 heteroatoms. The Kier molecular flexibility index (Phi) is 6.05. The molecular formula is C13H24N2O2. The Labute approximate surface area is 103 Å². The Morgan fingerprint density at radius 1 is 1.47 bits per heavy atom. The van der Waals surface area contributed by atoms with Crippen molar-refractivity contribution in [3.05, 3.63) is 12.2 Å². The number of carbonyl (C=O) groups excluding carboxylic acids is 1. The fourth-order valence-corrected chi connectivity index (χ4v) is 2.09. The lowest BCUT2D eigenvalue weighted by Crippen LogP contribution is -2.48. The molecule has 2 unspecified atom stereocenters. The fraction of sp³-hybridized carbons (Fsp3) is 0.769. The van der Waals surface area contributed by atoms with Crippen molar-refractivity contribution in [3.8, 4) is 0 Å². The molecule has 0 heterocycles. The minimum atomic E-state index is -0.162. The van der Waals surface area contributed by atoms with Gasteiger partial charge in [-0.25, -0.2) is 4.79 Å². The first-order valence-corrected chi connectivity index (χ1v) is 6.44. The zero-order valence-corrected chi connectivity index (χ0v) is 10.8. The second kappa shape index (κ2) is 7.33. The first kappa shape index (κ1) is 14.0. The summed E-state index contributed by atoms with van der Waals surface area (Å²) in [5.74, 6) is 0.463. The van der Waals surface area contributed by atoms with Gasteiger partial charge in [-0.1, -0.05) is 26.0 Å². The monoisotopic (exact) mass is 240 g/mol. The largest absolute Gasteiger partial charge is 0.394 e. The van der Waals surface area contributed by atoms with Crippen molar-refractivity contribution in [2.45, 2.75) is 51.6 Å². The quantitative estimate of drug-likeness (QED) is 0.642. The highest BCUT2D eigenvalue weighted by Crippen LogP contribution is 2.10. The van der Waals surface area contributed by atoms with Gasteiger partial charge in [0.05, 0.1) is 12.6 Å². The van der Waals surface area contributed by atoms with Gasteiger partial charge in [0, 0.05) is 6.04 Å². The van der Waals surface area contributed by atoms with E-state index in [0.717, 1.165) is 25.7 Å². The van der Waals surface area contributed by atoms with Crippen LogP contribution in [0.5, 0.6) is 0 Å². The van der Waals surface area contributed by atoms with Crippen LogP contribution in [0.25, 0.3) is 0 Å². The zero-order valence-electron chi connectivity index (χ0n) is 10.8. The number of carbonyl (C=O) groups is 1. The minimum absolute atomic E-state index is 0.00380. The molecule has 0 fully saturated rings. The highest BCUT2D eigenvalue weighted by molar-refractivity contribution is 5.74. The third kappa shape index (κ3) is 5.73. The molecule has 1 aliphatic rings. The maximum atomic E-state index is 11.7. The number of rotatable bonds is 5. The third-order valence-electron chi connectivity index (χ3n) is 2.92. The number of allylic oxidation sites excluding steroid dienone is 1. The van der Waals surface area contributed by atoms with Crippen LogP contribution in [0.2, 0.25) is 0 Å². The molecule has 0 saturated carbocycles. The van der Waals surface area contributed by atoms with Crippen LogP contribution in [-0.2, 0) is 0 Å². The van der Waals surface area contributed by atoms with E-state index in [1.54, 1.807) is 0 Å². The number of aliphatic hydroxyl groups excluding tert-OH is 1. The summed E-state index contributed by atoms with van der Waals surface area (Å²) in [4.78, 5) is 11.7. The third-order valence-corrected chi connectivity index (χ3v) is 2.92. The number of aliphatic hydroxyl groups is 1. The van der Waals surface area contributed by atoms with Crippen LogP contribution in [0.3, 0.4) is 0 Å². The average Bonchev–Trinajstić information content (AvgIpc) is 2.28. The predicted octanol–water partition coefficient (Wildman–Crippen LogP) is 1.80. The molecule has 1 rings (SSSR count). The summed E-state index contributed by atoms with van der Waals surface area (Å²) in [5.41, 5.74) is 0. The summed E-state index contributed by atoms with van der Waals surface area (Å²) in [6, 6.07) is -0.0717. The van der Waals surface area contributed by atoms with Gasteiger partial charge >= 0.3 is 6.03 Å². The van der Waals surface area contributed by atoms with Crippen LogP contribution >= 0.6 is 0 Å². The summed E-state index contributed by atoms with van der Waals surface area (Å²) < 4.78 is 0. The Hall–Kier alpha value is -1.03. The van der Waals surface area contributed by atoms with Gasteiger partial charge < -0.3 is 15.7 Å². The maximum Gasteiger partial charge on any atom is 0.315 e. The molecule has 0 aromatic heterocycles. The lowest BCUT2D eigenvalue weighted by Gasteiger charge is -2.23. The molecule has 2 amide bonds. The van der Waals surface area contributed by atoms with E-state index in [1.165, 1.54) is 0 Å². The van der Waals surface area contributed by atoms with Crippen molar-refractivity contribution < 1.29 is 9.90 Å². The molecular weight excluding hydrogens is 216 g/mol. The molecule has 0 saturated heterocycles. The van der Waals surface area contributed by atoms with Gasteiger partial charge in [-0.2, -0.15) is 0 Å². The Morgan fingerprint density at radius 3 is 2.76 bits per heavy atom. The number of amides is 2. The van der Waals surface area contributed by atoms with Crippen LogP contribution in [0.15, 0.2) is 12.2 Å². The zero-order chi connectivity index (χ0) is 12.7. The number of hydrogen-bond acceptors (Lipinski definition) is 2. The molecule has 1 aliphatic carbocycles. The highest BCUT2D eigenvalue weighted by Gasteiger charge is 2.16. The van der Waals surface area contributed by atoms with Gasteiger partial charge in [-0.15, -0.1) is 0 Å². The van der Waals surface area contributed by atoms with Crippen molar-refractivity contribution in [3.63, 3.8) is 0 Å². The summed E-state index contributed by atoms with van der Waals surface area (Å²) in [5, 5.41) is 14.9. The van der Waals surface area contributed by atoms with Crippen molar-refractivity contribution in [2.24, 2.45) is 5.92 Å². The molecule has 0 aliphatic heterocycles. The van der Waals surface area contributed by atoms with E-state index in [2.05, 4.69) is 36.6 Å². The highest BCUT2D eigenvalue weighted by atomic mass is 16.3. The number of hydrogen-bond donors (Lipinski definition) is 3. The SMILES string of the molecule is CC(C)CC(CO)NC(=O)NC1CC=CCC1. The van der Waals surface area contributed by atoms with Gasteiger partial charge in [0.25, 0.3) is 0 Å². The topological polar surface area (TPSA) is 61.4 Å². The van der Waals surface area contributed by atoms with Gasteiger partial charge in [-0.05, 0) is 31.6 Å². The van der Waals surface area contributed by atoms with E-state index in [0.29, 0.717) is 5.92 Å². The second-order valence-electron chi connectivity index (χ2n) is 5.11. The Morgan fingerprint density at radius 2 is 2.24 bits per heavy atom. The van der Waals surface area contributed by atoms with E-state index in [4.69, 9.17) is 0 Å². The van der Waals surface area contributed by atoms with Crippen LogP contribution in [0.1, 0.15) is 39.5 Å². The summed E-state index contributed by atoms with van der Waals surface area (Å²) in [6.45, 7) is 4.15. The second-order valence-corrected chi connectivity index (χ2v) is 5.11. The molecule has 0 aromatic carbocycles.